The molecule has 1 aromatic carbocycles. The van der Waals surface area contributed by atoms with Gasteiger partial charge in [0, 0.05) is 18.4 Å². The fraction of sp³-hybridized carbons (Fsp3) is 0.357. The predicted molar refractivity (Wildman–Crippen MR) is 71.2 cm³/mol. The summed E-state index contributed by atoms with van der Waals surface area (Å²) in [7, 11) is 0. The van der Waals surface area contributed by atoms with Gasteiger partial charge in [0.15, 0.2) is 0 Å². The molecule has 0 spiro atoms. The van der Waals surface area contributed by atoms with Gasteiger partial charge in [-0.2, -0.15) is 0 Å². The molecular weight excluding hydrogens is 229 g/mol. The highest BCUT2D eigenvalue weighted by atomic mass is 19.1. The van der Waals surface area contributed by atoms with Gasteiger partial charge < -0.3 is 9.88 Å². The van der Waals surface area contributed by atoms with E-state index in [1.807, 2.05) is 10.8 Å². The highest BCUT2D eigenvalue weighted by molar-refractivity contribution is 5.31. The zero-order chi connectivity index (χ0) is 13.1. The first-order chi connectivity index (χ1) is 8.58. The molecule has 0 aliphatic rings. The molecule has 1 atom stereocenters. The fourth-order valence-electron chi connectivity index (χ4n) is 1.90. The van der Waals surface area contributed by atoms with Gasteiger partial charge in [-0.1, -0.05) is 12.1 Å². The number of nitrogens with zero attached hydrogens (tertiary/aromatic N) is 2. The van der Waals surface area contributed by atoms with Gasteiger partial charge in [0.25, 0.3) is 0 Å². The van der Waals surface area contributed by atoms with Crippen LogP contribution in [-0.4, -0.2) is 15.6 Å². The molecule has 0 aliphatic heterocycles. The highest BCUT2D eigenvalue weighted by Crippen LogP contribution is 2.22. The van der Waals surface area contributed by atoms with Gasteiger partial charge >= 0.3 is 0 Å². The quantitative estimate of drug-likeness (QED) is 0.896. The van der Waals surface area contributed by atoms with E-state index < -0.39 is 0 Å². The van der Waals surface area contributed by atoms with Crippen LogP contribution in [0.15, 0.2) is 36.7 Å². The molecule has 3 nitrogen and oxygen atoms in total. The number of hydrogen-bond donors (Lipinski definition) is 1. The number of hydrogen-bond acceptors (Lipinski definition) is 2. The molecule has 1 aromatic heterocycles. The fourth-order valence-corrected chi connectivity index (χ4v) is 1.90. The van der Waals surface area contributed by atoms with Crippen LogP contribution < -0.4 is 5.32 Å². The standard InChI is InChI=1S/C14H18FN3/c1-10(2)17-14-16-8-9-18(14)11(3)12-4-6-13(15)7-5-12/h4-11H,1-3H3,(H,16,17). The van der Waals surface area contributed by atoms with E-state index in [0.29, 0.717) is 6.04 Å². The number of imidazole rings is 1. The van der Waals surface area contributed by atoms with E-state index >= 15 is 0 Å². The van der Waals surface area contributed by atoms with E-state index in [2.05, 4.69) is 31.1 Å². The SMILES string of the molecule is CC(C)Nc1nccn1C(C)c1ccc(F)cc1. The molecule has 96 valence electrons. The van der Waals surface area contributed by atoms with Gasteiger partial charge in [-0.25, -0.2) is 9.37 Å². The van der Waals surface area contributed by atoms with Crippen LogP contribution in [0, 0.1) is 5.82 Å². The third-order valence-electron chi connectivity index (χ3n) is 2.86. The molecule has 1 N–H and O–H groups in total. The first kappa shape index (κ1) is 12.6. The van der Waals surface area contributed by atoms with Gasteiger partial charge in [0.2, 0.25) is 5.95 Å². The molecule has 0 radical (unpaired) electrons. The molecule has 0 aliphatic carbocycles. The maximum atomic E-state index is 12.9. The number of nitrogens with one attached hydrogen (secondary N) is 1. The van der Waals surface area contributed by atoms with Crippen molar-refractivity contribution in [2.24, 2.45) is 0 Å². The minimum atomic E-state index is -0.211. The van der Waals surface area contributed by atoms with E-state index in [0.717, 1.165) is 11.5 Å². The summed E-state index contributed by atoms with van der Waals surface area (Å²) in [6.45, 7) is 6.21. The number of halogens is 1. The van der Waals surface area contributed by atoms with E-state index in [4.69, 9.17) is 0 Å². The van der Waals surface area contributed by atoms with Crippen molar-refractivity contribution in [3.8, 4) is 0 Å². The zero-order valence-electron chi connectivity index (χ0n) is 10.9. The lowest BCUT2D eigenvalue weighted by molar-refractivity contribution is 0.615. The Hall–Kier alpha value is -1.84. The van der Waals surface area contributed by atoms with Crippen LogP contribution in [0.25, 0.3) is 0 Å². The highest BCUT2D eigenvalue weighted by Gasteiger charge is 2.12. The van der Waals surface area contributed by atoms with Crippen molar-refractivity contribution in [2.45, 2.75) is 32.9 Å². The van der Waals surface area contributed by atoms with Crippen LogP contribution in [0.5, 0.6) is 0 Å². The monoisotopic (exact) mass is 247 g/mol. The maximum absolute atomic E-state index is 12.9. The molecule has 18 heavy (non-hydrogen) atoms. The van der Waals surface area contributed by atoms with Gasteiger partial charge in [-0.3, -0.25) is 0 Å². The molecule has 0 bridgehead atoms. The summed E-state index contributed by atoms with van der Waals surface area (Å²) in [5.74, 6) is 0.624. The lowest BCUT2D eigenvalue weighted by Crippen LogP contribution is -2.16. The molecule has 1 heterocycles. The summed E-state index contributed by atoms with van der Waals surface area (Å²) in [5, 5.41) is 3.29. The van der Waals surface area contributed by atoms with Crippen LogP contribution >= 0.6 is 0 Å². The van der Waals surface area contributed by atoms with Crippen LogP contribution in [-0.2, 0) is 0 Å². The Labute approximate surface area is 107 Å². The summed E-state index contributed by atoms with van der Waals surface area (Å²) < 4.78 is 15.0. The summed E-state index contributed by atoms with van der Waals surface area (Å²) >= 11 is 0. The molecule has 2 aromatic rings. The van der Waals surface area contributed by atoms with Crippen LogP contribution in [0.3, 0.4) is 0 Å². The van der Waals surface area contributed by atoms with Crippen molar-refractivity contribution in [3.63, 3.8) is 0 Å². The van der Waals surface area contributed by atoms with E-state index in [9.17, 15) is 4.39 Å². The minimum Gasteiger partial charge on any atom is -0.353 e. The largest absolute Gasteiger partial charge is 0.353 e. The number of benzene rings is 1. The van der Waals surface area contributed by atoms with Crippen LogP contribution in [0.1, 0.15) is 32.4 Å². The van der Waals surface area contributed by atoms with Crippen molar-refractivity contribution < 1.29 is 4.39 Å². The summed E-state index contributed by atoms with van der Waals surface area (Å²) in [5.41, 5.74) is 1.06. The third kappa shape index (κ3) is 2.70. The van der Waals surface area contributed by atoms with Crippen molar-refractivity contribution in [1.82, 2.24) is 9.55 Å². The normalized spacial score (nSPS) is 12.7. The van der Waals surface area contributed by atoms with E-state index in [1.54, 1.807) is 18.3 Å². The Morgan fingerprint density at radius 1 is 1.17 bits per heavy atom. The molecule has 4 heteroatoms. The second-order valence-corrected chi connectivity index (χ2v) is 4.68. The summed E-state index contributed by atoms with van der Waals surface area (Å²) in [6, 6.07) is 7.02. The summed E-state index contributed by atoms with van der Waals surface area (Å²) in [6.07, 6.45) is 3.70. The molecule has 0 saturated carbocycles. The minimum absolute atomic E-state index is 0.120. The van der Waals surface area contributed by atoms with Crippen LogP contribution in [0.2, 0.25) is 0 Å². The Bertz CT molecular complexity index is 502. The average Bonchev–Trinajstić information content (AvgIpc) is 2.76. The van der Waals surface area contributed by atoms with Crippen molar-refractivity contribution in [1.29, 1.82) is 0 Å². The lowest BCUT2D eigenvalue weighted by atomic mass is 10.1. The topological polar surface area (TPSA) is 29.9 Å². The van der Waals surface area contributed by atoms with E-state index in [1.165, 1.54) is 12.1 Å². The number of rotatable bonds is 4. The molecule has 1 unspecified atom stereocenters. The number of anilines is 1. The molecule has 2 rings (SSSR count). The molecule has 0 fully saturated rings. The van der Waals surface area contributed by atoms with Gasteiger partial charge in [-0.15, -0.1) is 0 Å². The Morgan fingerprint density at radius 3 is 2.44 bits per heavy atom. The maximum Gasteiger partial charge on any atom is 0.203 e. The first-order valence-corrected chi connectivity index (χ1v) is 6.12. The van der Waals surface area contributed by atoms with Gasteiger partial charge in [0.1, 0.15) is 5.82 Å². The zero-order valence-corrected chi connectivity index (χ0v) is 10.9. The Morgan fingerprint density at radius 2 is 1.83 bits per heavy atom. The van der Waals surface area contributed by atoms with Crippen molar-refractivity contribution >= 4 is 5.95 Å². The van der Waals surface area contributed by atoms with Crippen molar-refractivity contribution in [2.75, 3.05) is 5.32 Å². The first-order valence-electron chi connectivity index (χ1n) is 6.12. The number of aromatic nitrogens is 2. The smallest absolute Gasteiger partial charge is 0.203 e. The van der Waals surface area contributed by atoms with Crippen molar-refractivity contribution in [3.05, 3.63) is 48.0 Å². The van der Waals surface area contributed by atoms with Gasteiger partial charge in [-0.05, 0) is 38.5 Å². The molecule has 0 saturated heterocycles. The molecule has 0 amide bonds. The van der Waals surface area contributed by atoms with E-state index in [-0.39, 0.29) is 11.9 Å². The Balaban J connectivity index is 2.25. The average molecular weight is 247 g/mol. The lowest BCUT2D eigenvalue weighted by Gasteiger charge is -2.18. The second-order valence-electron chi connectivity index (χ2n) is 4.68. The second kappa shape index (κ2) is 5.21. The summed E-state index contributed by atoms with van der Waals surface area (Å²) in [4.78, 5) is 4.30. The van der Waals surface area contributed by atoms with Crippen LogP contribution in [0.4, 0.5) is 10.3 Å². The predicted octanol–water partition coefficient (Wildman–Crippen LogP) is 3.45. The third-order valence-corrected chi connectivity index (χ3v) is 2.86. The Kier molecular flexibility index (Phi) is 3.65. The van der Waals surface area contributed by atoms with Gasteiger partial charge in [0.05, 0.1) is 6.04 Å². The molecular formula is C14H18FN3.